The lowest BCUT2D eigenvalue weighted by Gasteiger charge is -2.27. The SMILES string of the molecule is CN(CCS)CCC1CCC1. The molecule has 1 saturated carbocycles. The first-order valence-electron chi connectivity index (χ1n) is 4.62. The van der Waals surface area contributed by atoms with E-state index in [1.807, 2.05) is 0 Å². The van der Waals surface area contributed by atoms with Gasteiger partial charge in [0.05, 0.1) is 0 Å². The Balaban J connectivity index is 1.92. The molecule has 0 aliphatic heterocycles. The normalized spacial score (nSPS) is 18.8. The van der Waals surface area contributed by atoms with Crippen molar-refractivity contribution < 1.29 is 0 Å². The van der Waals surface area contributed by atoms with Crippen molar-refractivity contribution >= 4 is 12.6 Å². The average molecular weight is 173 g/mol. The highest BCUT2D eigenvalue weighted by Crippen LogP contribution is 2.29. The Morgan fingerprint density at radius 3 is 2.55 bits per heavy atom. The van der Waals surface area contributed by atoms with Crippen molar-refractivity contribution in [3.8, 4) is 0 Å². The molecule has 0 heterocycles. The van der Waals surface area contributed by atoms with Gasteiger partial charge in [0.2, 0.25) is 0 Å². The van der Waals surface area contributed by atoms with E-state index in [9.17, 15) is 0 Å². The molecule has 0 spiro atoms. The van der Waals surface area contributed by atoms with E-state index in [4.69, 9.17) is 0 Å². The molecule has 0 amide bonds. The molecule has 0 aromatic carbocycles. The number of nitrogens with zero attached hydrogens (tertiary/aromatic N) is 1. The van der Waals surface area contributed by atoms with Gasteiger partial charge >= 0.3 is 0 Å². The molecule has 0 aromatic rings. The first-order chi connectivity index (χ1) is 5.33. The quantitative estimate of drug-likeness (QED) is 0.623. The van der Waals surface area contributed by atoms with Gasteiger partial charge in [0.25, 0.3) is 0 Å². The van der Waals surface area contributed by atoms with Gasteiger partial charge in [-0.3, -0.25) is 0 Å². The van der Waals surface area contributed by atoms with Crippen molar-refractivity contribution in [2.45, 2.75) is 25.7 Å². The Kier molecular flexibility index (Phi) is 4.31. The molecular weight excluding hydrogens is 154 g/mol. The van der Waals surface area contributed by atoms with Gasteiger partial charge in [-0.2, -0.15) is 12.6 Å². The largest absolute Gasteiger partial charge is 0.306 e. The van der Waals surface area contributed by atoms with Crippen LogP contribution in [0, 0.1) is 5.92 Å². The minimum Gasteiger partial charge on any atom is -0.306 e. The molecule has 1 aliphatic carbocycles. The second-order valence-corrected chi connectivity index (χ2v) is 4.06. The monoisotopic (exact) mass is 173 g/mol. The number of rotatable bonds is 5. The molecule has 2 heteroatoms. The summed E-state index contributed by atoms with van der Waals surface area (Å²) in [5, 5.41) is 0. The van der Waals surface area contributed by atoms with Crippen LogP contribution >= 0.6 is 12.6 Å². The lowest BCUT2D eigenvalue weighted by Crippen LogP contribution is -2.25. The lowest BCUT2D eigenvalue weighted by molar-refractivity contribution is 0.245. The van der Waals surface area contributed by atoms with E-state index < -0.39 is 0 Å². The molecule has 1 nitrogen and oxygen atoms in total. The first kappa shape index (κ1) is 9.40. The van der Waals surface area contributed by atoms with Gasteiger partial charge in [0, 0.05) is 12.3 Å². The molecule has 0 bridgehead atoms. The van der Waals surface area contributed by atoms with Gasteiger partial charge < -0.3 is 4.90 Å². The number of hydrogen-bond acceptors (Lipinski definition) is 2. The lowest BCUT2D eigenvalue weighted by atomic mass is 9.83. The van der Waals surface area contributed by atoms with Crippen molar-refractivity contribution in [3.05, 3.63) is 0 Å². The summed E-state index contributed by atoms with van der Waals surface area (Å²) in [5.74, 6) is 2.04. The number of hydrogen-bond donors (Lipinski definition) is 1. The molecule has 0 atom stereocenters. The highest BCUT2D eigenvalue weighted by Gasteiger charge is 2.16. The van der Waals surface area contributed by atoms with Crippen molar-refractivity contribution in [3.63, 3.8) is 0 Å². The molecule has 66 valence electrons. The Labute approximate surface area is 75.6 Å². The smallest absolute Gasteiger partial charge is 0.00668 e. The molecule has 1 rings (SSSR count). The minimum atomic E-state index is 0.987. The maximum absolute atomic E-state index is 4.20. The van der Waals surface area contributed by atoms with E-state index in [1.165, 1.54) is 32.2 Å². The van der Waals surface area contributed by atoms with E-state index in [2.05, 4.69) is 24.6 Å². The highest BCUT2D eigenvalue weighted by molar-refractivity contribution is 7.80. The molecular formula is C9H19NS. The van der Waals surface area contributed by atoms with Gasteiger partial charge in [-0.05, 0) is 25.9 Å². The van der Waals surface area contributed by atoms with E-state index in [0.717, 1.165) is 18.2 Å². The summed E-state index contributed by atoms with van der Waals surface area (Å²) in [5.41, 5.74) is 0. The highest BCUT2D eigenvalue weighted by atomic mass is 32.1. The van der Waals surface area contributed by atoms with Crippen LogP contribution in [0.5, 0.6) is 0 Å². The molecule has 1 aliphatic rings. The number of thiol groups is 1. The van der Waals surface area contributed by atoms with Crippen molar-refractivity contribution in [2.75, 3.05) is 25.9 Å². The molecule has 0 unspecified atom stereocenters. The minimum absolute atomic E-state index is 0.987. The van der Waals surface area contributed by atoms with Gasteiger partial charge in [0.1, 0.15) is 0 Å². The Hall–Kier alpha value is 0.310. The topological polar surface area (TPSA) is 3.24 Å². The Bertz CT molecular complexity index is 102. The predicted octanol–water partition coefficient (Wildman–Crippen LogP) is 2.04. The van der Waals surface area contributed by atoms with Crippen LogP contribution in [0.25, 0.3) is 0 Å². The molecule has 0 radical (unpaired) electrons. The summed E-state index contributed by atoms with van der Waals surface area (Å²) >= 11 is 4.20. The van der Waals surface area contributed by atoms with Crippen LogP contribution in [0.1, 0.15) is 25.7 Å². The maximum atomic E-state index is 4.20. The van der Waals surface area contributed by atoms with Crippen LogP contribution in [0.2, 0.25) is 0 Å². The van der Waals surface area contributed by atoms with Crippen LogP contribution in [0.4, 0.5) is 0 Å². The third kappa shape index (κ3) is 3.48. The zero-order valence-corrected chi connectivity index (χ0v) is 8.32. The van der Waals surface area contributed by atoms with Crippen LogP contribution in [0.3, 0.4) is 0 Å². The predicted molar refractivity (Wildman–Crippen MR) is 53.3 cm³/mol. The Morgan fingerprint density at radius 2 is 2.09 bits per heavy atom. The molecule has 1 fully saturated rings. The van der Waals surface area contributed by atoms with E-state index in [-0.39, 0.29) is 0 Å². The third-order valence-electron chi connectivity index (χ3n) is 2.63. The van der Waals surface area contributed by atoms with Crippen LogP contribution < -0.4 is 0 Å². The van der Waals surface area contributed by atoms with Crippen LogP contribution in [-0.4, -0.2) is 30.8 Å². The summed E-state index contributed by atoms with van der Waals surface area (Å²) in [6.45, 7) is 2.40. The third-order valence-corrected chi connectivity index (χ3v) is 2.83. The van der Waals surface area contributed by atoms with E-state index in [0.29, 0.717) is 0 Å². The fourth-order valence-electron chi connectivity index (χ4n) is 1.47. The van der Waals surface area contributed by atoms with Crippen molar-refractivity contribution in [1.82, 2.24) is 4.90 Å². The summed E-state index contributed by atoms with van der Waals surface area (Å²) in [6.07, 6.45) is 5.84. The zero-order chi connectivity index (χ0) is 8.10. The van der Waals surface area contributed by atoms with Gasteiger partial charge in [-0.1, -0.05) is 19.3 Å². The standard InChI is InChI=1S/C9H19NS/c1-10(7-8-11)6-5-9-3-2-4-9/h9,11H,2-8H2,1H3. The average Bonchev–Trinajstić information content (AvgIpc) is 1.85. The first-order valence-corrected chi connectivity index (χ1v) is 5.25. The van der Waals surface area contributed by atoms with E-state index in [1.54, 1.807) is 0 Å². The molecule has 11 heavy (non-hydrogen) atoms. The fraction of sp³-hybridized carbons (Fsp3) is 1.00. The van der Waals surface area contributed by atoms with E-state index >= 15 is 0 Å². The van der Waals surface area contributed by atoms with Gasteiger partial charge in [-0.15, -0.1) is 0 Å². The van der Waals surface area contributed by atoms with Crippen molar-refractivity contribution in [2.24, 2.45) is 5.92 Å². The van der Waals surface area contributed by atoms with Crippen LogP contribution in [0.15, 0.2) is 0 Å². The second-order valence-electron chi connectivity index (χ2n) is 3.61. The molecule has 0 N–H and O–H groups in total. The molecule has 0 saturated heterocycles. The second kappa shape index (κ2) is 5.04. The van der Waals surface area contributed by atoms with Crippen molar-refractivity contribution in [1.29, 1.82) is 0 Å². The summed E-state index contributed by atoms with van der Waals surface area (Å²) in [6, 6.07) is 0. The van der Waals surface area contributed by atoms with Gasteiger partial charge in [0.15, 0.2) is 0 Å². The fourth-order valence-corrected chi connectivity index (χ4v) is 1.81. The Morgan fingerprint density at radius 1 is 1.36 bits per heavy atom. The summed E-state index contributed by atoms with van der Waals surface area (Å²) < 4.78 is 0. The van der Waals surface area contributed by atoms with Crippen LogP contribution in [-0.2, 0) is 0 Å². The molecule has 0 aromatic heterocycles. The summed E-state index contributed by atoms with van der Waals surface area (Å²) in [7, 11) is 2.19. The van der Waals surface area contributed by atoms with Gasteiger partial charge in [-0.25, -0.2) is 0 Å². The maximum Gasteiger partial charge on any atom is 0.00668 e. The summed E-state index contributed by atoms with van der Waals surface area (Å²) in [4.78, 5) is 2.38. The zero-order valence-electron chi connectivity index (χ0n) is 7.42.